The van der Waals surface area contributed by atoms with Crippen LogP contribution in [0, 0.1) is 11.6 Å². The van der Waals surface area contributed by atoms with E-state index in [1.165, 1.54) is 48.4 Å². The molecule has 1 fully saturated rings. The zero-order valence-corrected chi connectivity index (χ0v) is 24.2. The third kappa shape index (κ3) is 6.84. The van der Waals surface area contributed by atoms with Gasteiger partial charge in [-0.05, 0) is 35.9 Å². The average Bonchev–Trinajstić information content (AvgIpc) is 3.48. The van der Waals surface area contributed by atoms with Crippen molar-refractivity contribution in [1.82, 2.24) is 14.8 Å². The third-order valence-electron chi connectivity index (χ3n) is 7.65. The molecular weight excluding hydrogens is 558 g/mol. The molecule has 0 radical (unpaired) electrons. The van der Waals surface area contributed by atoms with Gasteiger partial charge in [0.15, 0.2) is 11.5 Å². The highest BCUT2D eigenvalue weighted by Gasteiger charge is 2.36. The second kappa shape index (κ2) is 13.7. The van der Waals surface area contributed by atoms with E-state index in [9.17, 15) is 18.4 Å². The van der Waals surface area contributed by atoms with E-state index in [1.54, 1.807) is 42.5 Å². The van der Waals surface area contributed by atoms with E-state index in [1.807, 2.05) is 0 Å². The van der Waals surface area contributed by atoms with Crippen LogP contribution >= 0.6 is 0 Å². The van der Waals surface area contributed by atoms with Crippen LogP contribution in [0.3, 0.4) is 0 Å². The van der Waals surface area contributed by atoms with Crippen molar-refractivity contribution in [3.8, 4) is 11.5 Å². The Morgan fingerprint density at radius 1 is 0.953 bits per heavy atom. The van der Waals surface area contributed by atoms with E-state index in [2.05, 4.69) is 10.0 Å². The molecule has 2 aliphatic heterocycles. The number of carbonyl (C=O) groups is 2. The highest BCUT2D eigenvalue weighted by atomic mass is 19.1. The lowest BCUT2D eigenvalue weighted by Gasteiger charge is -2.31. The first-order valence-corrected chi connectivity index (χ1v) is 14.1. The molecule has 0 bridgehead atoms. The van der Waals surface area contributed by atoms with Gasteiger partial charge < -0.3 is 19.1 Å². The van der Waals surface area contributed by atoms with E-state index < -0.39 is 29.5 Å². The maximum Gasteiger partial charge on any atom is 0.262 e. The zero-order valence-electron chi connectivity index (χ0n) is 24.2. The summed E-state index contributed by atoms with van der Waals surface area (Å²) in [6.45, 7) is 2.87. The van der Waals surface area contributed by atoms with Crippen molar-refractivity contribution in [2.45, 2.75) is 12.5 Å². The average molecular weight is 593 g/mol. The Balaban J connectivity index is 1.46. The van der Waals surface area contributed by atoms with Crippen molar-refractivity contribution in [1.29, 1.82) is 0 Å². The van der Waals surface area contributed by atoms with Crippen molar-refractivity contribution < 1.29 is 32.6 Å². The highest BCUT2D eigenvalue weighted by Crippen LogP contribution is 2.37. The van der Waals surface area contributed by atoms with Gasteiger partial charge in [-0.2, -0.15) is 5.10 Å². The minimum atomic E-state index is -0.666. The second-order valence-corrected chi connectivity index (χ2v) is 10.3. The summed E-state index contributed by atoms with van der Waals surface area (Å²) < 4.78 is 45.8. The molecule has 3 aromatic carbocycles. The number of morpholine rings is 1. The molecule has 43 heavy (non-hydrogen) atoms. The van der Waals surface area contributed by atoms with Crippen LogP contribution in [0.1, 0.15) is 33.9 Å². The first-order valence-electron chi connectivity index (χ1n) is 14.1. The van der Waals surface area contributed by atoms with Crippen molar-refractivity contribution >= 4 is 17.5 Å². The quantitative estimate of drug-likeness (QED) is 0.352. The van der Waals surface area contributed by atoms with Crippen LogP contribution in [-0.2, 0) is 9.53 Å². The standard InChI is InChI=1S/C32H34F2N4O5/c1-41-29-12-11-22(19-30(29)42-2)28-20-27(23-7-3-5-9-25(23)33)35-38(28)31(39)21-37(14-13-36-15-17-43-18-16-36)32(40)24-8-4-6-10-26(24)34/h3-12,19,28H,13-18,20-21H2,1-2H3. The molecule has 3 aromatic rings. The van der Waals surface area contributed by atoms with Crippen molar-refractivity contribution in [2.24, 2.45) is 5.10 Å². The summed E-state index contributed by atoms with van der Waals surface area (Å²) in [4.78, 5) is 31.1. The van der Waals surface area contributed by atoms with Gasteiger partial charge in [0, 0.05) is 38.2 Å². The van der Waals surface area contributed by atoms with Gasteiger partial charge in [-0.1, -0.05) is 36.4 Å². The summed E-state index contributed by atoms with van der Waals surface area (Å²) in [6.07, 6.45) is 0.233. The number of carbonyl (C=O) groups excluding carboxylic acids is 2. The molecule has 11 heteroatoms. The predicted octanol–water partition coefficient (Wildman–Crippen LogP) is 4.13. The molecule has 0 spiro atoms. The Labute approximate surface area is 249 Å². The molecular formula is C32H34F2N4O5. The molecule has 2 heterocycles. The number of benzene rings is 3. The Morgan fingerprint density at radius 2 is 1.65 bits per heavy atom. The summed E-state index contributed by atoms with van der Waals surface area (Å²) in [6, 6.07) is 16.6. The Bertz CT molecular complexity index is 1490. The molecule has 9 nitrogen and oxygen atoms in total. The summed E-state index contributed by atoms with van der Waals surface area (Å²) in [5.74, 6) is -1.22. The Morgan fingerprint density at radius 3 is 2.35 bits per heavy atom. The fourth-order valence-electron chi connectivity index (χ4n) is 5.30. The van der Waals surface area contributed by atoms with Gasteiger partial charge in [-0.25, -0.2) is 13.8 Å². The Kier molecular flexibility index (Phi) is 9.63. The number of methoxy groups -OCH3 is 2. The zero-order chi connectivity index (χ0) is 30.3. The maximum atomic E-state index is 14.8. The van der Waals surface area contributed by atoms with Gasteiger partial charge in [0.2, 0.25) is 0 Å². The molecule has 0 aromatic heterocycles. The molecule has 2 aliphatic rings. The second-order valence-electron chi connectivity index (χ2n) is 10.3. The number of halogens is 2. The summed E-state index contributed by atoms with van der Waals surface area (Å²) >= 11 is 0. The summed E-state index contributed by atoms with van der Waals surface area (Å²) in [7, 11) is 3.04. The minimum Gasteiger partial charge on any atom is -0.493 e. The molecule has 0 N–H and O–H groups in total. The molecule has 0 saturated carbocycles. The molecule has 1 atom stereocenters. The molecule has 2 amide bonds. The number of ether oxygens (including phenoxy) is 3. The van der Waals surface area contributed by atoms with Crippen LogP contribution in [0.4, 0.5) is 8.78 Å². The van der Waals surface area contributed by atoms with Crippen molar-refractivity contribution in [2.75, 3.05) is 60.2 Å². The summed E-state index contributed by atoms with van der Waals surface area (Å²) in [5.41, 5.74) is 1.26. The van der Waals surface area contributed by atoms with Gasteiger partial charge in [0.25, 0.3) is 11.8 Å². The van der Waals surface area contributed by atoms with Gasteiger partial charge in [0.05, 0.1) is 44.8 Å². The predicted molar refractivity (Wildman–Crippen MR) is 156 cm³/mol. The van der Waals surface area contributed by atoms with Crippen molar-refractivity contribution in [3.63, 3.8) is 0 Å². The highest BCUT2D eigenvalue weighted by molar-refractivity contribution is 6.04. The fraction of sp³-hybridized carbons (Fsp3) is 0.344. The summed E-state index contributed by atoms with van der Waals surface area (Å²) in [5, 5.41) is 5.87. The fourth-order valence-corrected chi connectivity index (χ4v) is 5.30. The van der Waals surface area contributed by atoms with Crippen molar-refractivity contribution in [3.05, 3.63) is 95.1 Å². The monoisotopic (exact) mass is 592 g/mol. The van der Waals surface area contributed by atoms with Gasteiger partial charge in [-0.15, -0.1) is 0 Å². The molecule has 0 aliphatic carbocycles. The lowest BCUT2D eigenvalue weighted by molar-refractivity contribution is -0.133. The van der Waals surface area contributed by atoms with Crippen LogP contribution in [0.5, 0.6) is 11.5 Å². The molecule has 1 unspecified atom stereocenters. The van der Waals surface area contributed by atoms with Crippen LogP contribution in [0.15, 0.2) is 71.8 Å². The van der Waals surface area contributed by atoms with Crippen LogP contribution in [0.25, 0.3) is 0 Å². The van der Waals surface area contributed by atoms with E-state index in [0.29, 0.717) is 55.6 Å². The lowest BCUT2D eigenvalue weighted by atomic mass is 9.97. The van der Waals surface area contributed by atoms with Gasteiger partial charge in [-0.3, -0.25) is 14.5 Å². The number of rotatable bonds is 10. The SMILES string of the molecule is COc1ccc(C2CC(c3ccccc3F)=NN2C(=O)CN(CCN2CCOCC2)C(=O)c2ccccc2F)cc1OC. The van der Waals surface area contributed by atoms with E-state index in [4.69, 9.17) is 14.2 Å². The number of hydrogen-bond acceptors (Lipinski definition) is 7. The van der Waals surface area contributed by atoms with Crippen LogP contribution < -0.4 is 9.47 Å². The van der Waals surface area contributed by atoms with Gasteiger partial charge in [0.1, 0.15) is 18.2 Å². The first-order chi connectivity index (χ1) is 20.9. The minimum absolute atomic E-state index is 0.120. The number of nitrogens with zero attached hydrogens (tertiary/aromatic N) is 4. The normalized spacial score (nSPS) is 17.0. The van der Waals surface area contributed by atoms with E-state index in [-0.39, 0.29) is 30.6 Å². The maximum absolute atomic E-state index is 14.8. The molecule has 226 valence electrons. The van der Waals surface area contributed by atoms with Crippen LogP contribution in [0.2, 0.25) is 0 Å². The number of hydrogen-bond donors (Lipinski definition) is 0. The largest absolute Gasteiger partial charge is 0.493 e. The van der Waals surface area contributed by atoms with Crippen LogP contribution in [-0.4, -0.2) is 92.5 Å². The smallest absolute Gasteiger partial charge is 0.262 e. The lowest BCUT2D eigenvalue weighted by Crippen LogP contribution is -2.46. The van der Waals surface area contributed by atoms with E-state index in [0.717, 1.165) is 0 Å². The van der Waals surface area contributed by atoms with E-state index >= 15 is 0 Å². The third-order valence-corrected chi connectivity index (χ3v) is 7.65. The number of hydrazone groups is 1. The Hall–Kier alpha value is -4.35. The van der Waals surface area contributed by atoms with Gasteiger partial charge >= 0.3 is 0 Å². The number of amides is 2. The molecule has 1 saturated heterocycles. The molecule has 5 rings (SSSR count). The topological polar surface area (TPSA) is 83.9 Å². The first kappa shape index (κ1) is 30.1.